The number of fused-ring (bicyclic) bond motifs is 2. The molecule has 4 heteroatoms. The summed E-state index contributed by atoms with van der Waals surface area (Å²) in [5.74, 6) is 6.22. The lowest BCUT2D eigenvalue weighted by molar-refractivity contribution is -0.275. The van der Waals surface area contributed by atoms with E-state index in [1.165, 1.54) is 25.7 Å². The number of aromatic nitrogens is 1. The summed E-state index contributed by atoms with van der Waals surface area (Å²) in [6, 6.07) is 1.41. The molecular weight excluding hydrogens is 290 g/mol. The summed E-state index contributed by atoms with van der Waals surface area (Å²) in [6.45, 7) is 6.23. The Labute approximate surface area is 136 Å². The van der Waals surface area contributed by atoms with E-state index in [0.717, 1.165) is 22.0 Å². The van der Waals surface area contributed by atoms with Gasteiger partial charge in [0.25, 0.3) is 0 Å². The van der Waals surface area contributed by atoms with E-state index >= 15 is 0 Å². The minimum Gasteiger partial charge on any atom is -0.366 e. The van der Waals surface area contributed by atoms with Gasteiger partial charge in [-0.1, -0.05) is 12.5 Å². The first kappa shape index (κ1) is 15.1. The summed E-state index contributed by atoms with van der Waals surface area (Å²) in [6.07, 6.45) is 11.1. The maximum Gasteiger partial charge on any atom is 0.124 e. The van der Waals surface area contributed by atoms with Crippen LogP contribution in [0.4, 0.5) is 0 Å². The van der Waals surface area contributed by atoms with Gasteiger partial charge in [-0.05, 0) is 50.7 Å². The van der Waals surface area contributed by atoms with Gasteiger partial charge in [0.2, 0.25) is 0 Å². The molecule has 0 spiro atoms. The van der Waals surface area contributed by atoms with E-state index in [1.54, 1.807) is 17.5 Å². The molecule has 3 heterocycles. The Morgan fingerprint density at radius 2 is 2.05 bits per heavy atom. The van der Waals surface area contributed by atoms with E-state index in [-0.39, 0.29) is 0 Å². The van der Waals surface area contributed by atoms with Crippen LogP contribution in [-0.4, -0.2) is 22.0 Å². The maximum absolute atomic E-state index is 4.35. The van der Waals surface area contributed by atoms with Crippen molar-refractivity contribution in [2.45, 2.75) is 44.7 Å². The highest BCUT2D eigenvalue weighted by molar-refractivity contribution is 7.09. The second-order valence-corrected chi connectivity index (χ2v) is 6.92. The number of nitrogens with zero attached hydrogens (tertiary/aromatic N) is 2. The van der Waals surface area contributed by atoms with Crippen LogP contribution in [-0.2, 0) is 0 Å². The van der Waals surface area contributed by atoms with Crippen molar-refractivity contribution in [3.05, 3.63) is 52.3 Å². The minimum absolute atomic E-state index is 0.707. The van der Waals surface area contributed by atoms with Crippen LogP contribution in [0.15, 0.2) is 41.6 Å². The van der Waals surface area contributed by atoms with Crippen molar-refractivity contribution in [2.75, 3.05) is 0 Å². The molecule has 3 nitrogen and oxygen atoms in total. The number of allylic oxidation sites excluding steroid dienone is 3. The average Bonchev–Trinajstić information content (AvgIpc) is 3.22. The van der Waals surface area contributed by atoms with E-state index < -0.39 is 0 Å². The Balaban J connectivity index is 1.65. The van der Waals surface area contributed by atoms with Crippen LogP contribution >= 0.6 is 11.3 Å². The van der Waals surface area contributed by atoms with Crippen LogP contribution in [0.2, 0.25) is 0 Å². The van der Waals surface area contributed by atoms with Gasteiger partial charge in [0.15, 0.2) is 0 Å². The standard InChI is InChI=1S/C18H21N3S/c1-13(21-17-7-8-18(21)10-9-17)3-4-15(11-19)5-6-16-12-22-14(2)20-16/h3-4,11-12,17-18H,1,7-10,19H2,2H3/p+1/b4-3-,15-11+. The van der Waals surface area contributed by atoms with Gasteiger partial charge in [0, 0.05) is 23.2 Å². The van der Waals surface area contributed by atoms with Crippen LogP contribution < -0.4 is 5.73 Å². The number of thiazole rings is 1. The topological polar surface area (TPSA) is 43.8 Å². The zero-order valence-corrected chi connectivity index (χ0v) is 13.8. The van der Waals surface area contributed by atoms with Crippen molar-refractivity contribution in [1.82, 2.24) is 9.88 Å². The molecule has 0 aliphatic carbocycles. The van der Waals surface area contributed by atoms with Crippen molar-refractivity contribution in [3.8, 4) is 11.8 Å². The minimum atomic E-state index is 0.707. The van der Waals surface area contributed by atoms with Crippen LogP contribution in [0.25, 0.3) is 0 Å². The maximum atomic E-state index is 4.35. The first-order chi connectivity index (χ1) is 10.7. The fourth-order valence-electron chi connectivity index (χ4n) is 3.37. The fraction of sp³-hybridized carbons (Fsp3) is 0.389. The largest absolute Gasteiger partial charge is 0.366 e. The molecule has 0 aromatic carbocycles. The van der Waals surface area contributed by atoms with Crippen LogP contribution in [0, 0.1) is 18.8 Å². The highest BCUT2D eigenvalue weighted by atomic mass is 32.1. The normalized spacial score (nSPS) is 23.9. The van der Waals surface area contributed by atoms with Gasteiger partial charge in [-0.2, -0.15) is 0 Å². The molecule has 22 heavy (non-hydrogen) atoms. The number of hydrogen-bond donors (Lipinski definition) is 1. The number of rotatable bonds is 3. The molecule has 0 amide bonds. The molecule has 1 aromatic heterocycles. The lowest BCUT2D eigenvalue weighted by Crippen LogP contribution is -2.39. The fourth-order valence-corrected chi connectivity index (χ4v) is 3.92. The Morgan fingerprint density at radius 3 is 2.59 bits per heavy atom. The molecular formula is C18H22N3S+. The lowest BCUT2D eigenvalue weighted by Gasteiger charge is -2.24. The highest BCUT2D eigenvalue weighted by Gasteiger charge is 2.38. The van der Waals surface area contributed by atoms with Crippen molar-refractivity contribution in [1.29, 1.82) is 0 Å². The Kier molecular flexibility index (Phi) is 4.47. The summed E-state index contributed by atoms with van der Waals surface area (Å²) < 4.78 is 0. The second-order valence-electron chi connectivity index (χ2n) is 5.86. The Bertz CT molecular complexity index is 667. The predicted molar refractivity (Wildman–Crippen MR) is 90.9 cm³/mol. The molecule has 2 bridgehead atoms. The van der Waals surface area contributed by atoms with E-state index in [4.69, 9.17) is 0 Å². The molecule has 0 radical (unpaired) electrons. The third-order valence-electron chi connectivity index (χ3n) is 4.41. The van der Waals surface area contributed by atoms with E-state index in [9.17, 15) is 0 Å². The summed E-state index contributed by atoms with van der Waals surface area (Å²) >= 11 is 1.62. The van der Waals surface area contributed by atoms with Crippen LogP contribution in [0.1, 0.15) is 36.4 Å². The van der Waals surface area contributed by atoms with Crippen molar-refractivity contribution in [3.63, 3.8) is 0 Å². The highest BCUT2D eigenvalue weighted by Crippen LogP contribution is 2.39. The second kappa shape index (κ2) is 6.51. The summed E-state index contributed by atoms with van der Waals surface area (Å²) in [7, 11) is 0. The summed E-state index contributed by atoms with van der Waals surface area (Å²) in [5, 5.41) is 3.02. The molecule has 2 fully saturated rings. The zero-order valence-electron chi connectivity index (χ0n) is 13.0. The van der Waals surface area contributed by atoms with E-state index in [1.807, 2.05) is 18.4 Å². The van der Waals surface area contributed by atoms with Crippen molar-refractivity contribution < 1.29 is 5.73 Å². The first-order valence-electron chi connectivity index (χ1n) is 7.76. The van der Waals surface area contributed by atoms with E-state index in [0.29, 0.717) is 12.1 Å². The van der Waals surface area contributed by atoms with Gasteiger partial charge >= 0.3 is 0 Å². The summed E-state index contributed by atoms with van der Waals surface area (Å²) in [5.41, 5.74) is 6.68. The van der Waals surface area contributed by atoms with Crippen LogP contribution in [0.5, 0.6) is 0 Å². The SMILES string of the molecule is C=C(/C=C\C(C#Cc1csc(C)n1)=C/[NH3+])N1C2CCC1CC2. The van der Waals surface area contributed by atoms with E-state index in [2.05, 4.69) is 40.1 Å². The summed E-state index contributed by atoms with van der Waals surface area (Å²) in [4.78, 5) is 6.85. The van der Waals surface area contributed by atoms with Gasteiger partial charge in [-0.3, -0.25) is 0 Å². The molecule has 2 aliphatic heterocycles. The lowest BCUT2D eigenvalue weighted by atomic mass is 10.0. The van der Waals surface area contributed by atoms with Gasteiger partial charge in [0.1, 0.15) is 11.9 Å². The molecule has 114 valence electrons. The third kappa shape index (κ3) is 3.16. The Morgan fingerprint density at radius 1 is 1.36 bits per heavy atom. The molecule has 0 unspecified atom stereocenters. The molecule has 3 rings (SSSR count). The van der Waals surface area contributed by atoms with Gasteiger partial charge in [-0.25, -0.2) is 4.98 Å². The zero-order chi connectivity index (χ0) is 15.5. The Hall–Kier alpha value is -1.83. The van der Waals surface area contributed by atoms with Crippen LogP contribution in [0.3, 0.4) is 0 Å². The predicted octanol–water partition coefficient (Wildman–Crippen LogP) is 2.63. The van der Waals surface area contributed by atoms with Crippen molar-refractivity contribution >= 4 is 11.3 Å². The number of quaternary nitrogens is 1. The third-order valence-corrected chi connectivity index (χ3v) is 5.19. The number of aryl methyl sites for hydroxylation is 1. The van der Waals surface area contributed by atoms with Gasteiger partial charge in [0.05, 0.1) is 10.6 Å². The quantitative estimate of drug-likeness (QED) is 0.689. The molecule has 3 N–H and O–H groups in total. The number of hydrogen-bond acceptors (Lipinski definition) is 3. The monoisotopic (exact) mass is 312 g/mol. The van der Waals surface area contributed by atoms with Crippen molar-refractivity contribution in [2.24, 2.45) is 0 Å². The smallest absolute Gasteiger partial charge is 0.124 e. The van der Waals surface area contributed by atoms with Gasteiger partial charge in [-0.15, -0.1) is 11.3 Å². The average molecular weight is 312 g/mol. The molecule has 2 aliphatic rings. The van der Waals surface area contributed by atoms with Gasteiger partial charge < -0.3 is 10.6 Å². The molecule has 1 aromatic rings. The molecule has 0 saturated carbocycles. The molecule has 0 atom stereocenters. The molecule has 2 saturated heterocycles. The first-order valence-corrected chi connectivity index (χ1v) is 8.64.